The summed E-state index contributed by atoms with van der Waals surface area (Å²) in [5, 5.41) is 14.6. The molecule has 0 bridgehead atoms. The van der Waals surface area contributed by atoms with Gasteiger partial charge >= 0.3 is 0 Å². The van der Waals surface area contributed by atoms with Crippen molar-refractivity contribution in [2.45, 2.75) is 26.8 Å². The van der Waals surface area contributed by atoms with Gasteiger partial charge in [-0.05, 0) is 48.8 Å². The van der Waals surface area contributed by atoms with Gasteiger partial charge in [-0.1, -0.05) is 18.2 Å². The summed E-state index contributed by atoms with van der Waals surface area (Å²) >= 11 is 3.58. The molecule has 0 amide bonds. The fourth-order valence-electron chi connectivity index (χ4n) is 3.40. The van der Waals surface area contributed by atoms with Crippen LogP contribution in [0.5, 0.6) is 0 Å². The first-order chi connectivity index (χ1) is 13.5. The number of para-hydroxylation sites is 1. The van der Waals surface area contributed by atoms with E-state index in [1.807, 2.05) is 60.5 Å². The van der Waals surface area contributed by atoms with Crippen LogP contribution in [-0.2, 0) is 0 Å². The Bertz CT molecular complexity index is 1310. The first-order valence-corrected chi connectivity index (χ1v) is 9.69. The maximum atomic E-state index is 4.79. The fraction of sp³-hybridized carbons (Fsp3) is 0.211. The highest BCUT2D eigenvalue weighted by Gasteiger charge is 2.21. The molecule has 9 heteroatoms. The average molecular weight is 437 g/mol. The molecule has 0 fully saturated rings. The molecule has 4 heterocycles. The number of nitrogens with zero attached hydrogens (tertiary/aromatic N) is 8. The second-order valence-electron chi connectivity index (χ2n) is 6.72. The number of hydrogen-bond acceptors (Lipinski definition) is 5. The van der Waals surface area contributed by atoms with Gasteiger partial charge < -0.3 is 0 Å². The summed E-state index contributed by atoms with van der Waals surface area (Å²) in [6, 6.07) is 9.82. The molecule has 28 heavy (non-hydrogen) atoms. The van der Waals surface area contributed by atoms with E-state index in [2.05, 4.69) is 36.2 Å². The average Bonchev–Trinajstić information content (AvgIpc) is 3.40. The lowest BCUT2D eigenvalue weighted by Gasteiger charge is -2.10. The molecule has 0 spiro atoms. The molecule has 0 aliphatic carbocycles. The van der Waals surface area contributed by atoms with E-state index in [9.17, 15) is 0 Å². The van der Waals surface area contributed by atoms with E-state index >= 15 is 0 Å². The highest BCUT2D eigenvalue weighted by molar-refractivity contribution is 9.10. The van der Waals surface area contributed by atoms with E-state index in [-0.39, 0.29) is 6.04 Å². The third-order valence-corrected chi connectivity index (χ3v) is 6.05. The van der Waals surface area contributed by atoms with Gasteiger partial charge in [0.05, 0.1) is 33.1 Å². The Kier molecular flexibility index (Phi) is 3.80. The normalized spacial score (nSPS) is 12.9. The van der Waals surface area contributed by atoms with Gasteiger partial charge in [-0.2, -0.15) is 10.2 Å². The zero-order chi connectivity index (χ0) is 19.4. The minimum absolute atomic E-state index is 0.107. The molecule has 8 nitrogen and oxygen atoms in total. The topological polar surface area (TPSA) is 78.7 Å². The van der Waals surface area contributed by atoms with Crippen LogP contribution < -0.4 is 0 Å². The van der Waals surface area contributed by atoms with Crippen molar-refractivity contribution in [1.29, 1.82) is 0 Å². The third kappa shape index (κ3) is 2.46. The number of benzene rings is 1. The van der Waals surface area contributed by atoms with Crippen LogP contribution in [0.3, 0.4) is 0 Å². The quantitative estimate of drug-likeness (QED) is 0.431. The van der Waals surface area contributed by atoms with E-state index in [1.54, 1.807) is 17.0 Å². The molecular weight excluding hydrogens is 420 g/mol. The van der Waals surface area contributed by atoms with E-state index in [1.165, 1.54) is 0 Å². The SMILES string of the molecule is Cc1nn(C(C)c2nc3c4cnn(-c5ccccc5)c4ncn3n2)c(C)c1Br. The monoisotopic (exact) mass is 436 g/mol. The Morgan fingerprint density at radius 1 is 1.04 bits per heavy atom. The van der Waals surface area contributed by atoms with Crippen LogP contribution in [0, 0.1) is 13.8 Å². The first kappa shape index (κ1) is 17.1. The van der Waals surface area contributed by atoms with Crippen LogP contribution in [0.1, 0.15) is 30.2 Å². The molecule has 1 unspecified atom stereocenters. The van der Waals surface area contributed by atoms with Crippen molar-refractivity contribution in [1.82, 2.24) is 39.1 Å². The molecule has 0 saturated heterocycles. The Morgan fingerprint density at radius 2 is 1.82 bits per heavy atom. The molecule has 5 rings (SSSR count). The van der Waals surface area contributed by atoms with Gasteiger partial charge in [0.25, 0.3) is 0 Å². The largest absolute Gasteiger partial charge is 0.258 e. The maximum Gasteiger partial charge on any atom is 0.176 e. The Labute approximate surface area is 169 Å². The second-order valence-corrected chi connectivity index (χ2v) is 7.51. The molecule has 0 aliphatic rings. The fourth-order valence-corrected chi connectivity index (χ4v) is 3.66. The van der Waals surface area contributed by atoms with Crippen LogP contribution in [0.15, 0.2) is 47.3 Å². The zero-order valence-electron chi connectivity index (χ0n) is 15.6. The number of aromatic nitrogens is 8. The number of halogens is 1. The predicted molar refractivity (Wildman–Crippen MR) is 109 cm³/mol. The summed E-state index contributed by atoms with van der Waals surface area (Å²) in [4.78, 5) is 9.34. The molecule has 0 aliphatic heterocycles. The zero-order valence-corrected chi connectivity index (χ0v) is 17.2. The molecule has 1 atom stereocenters. The van der Waals surface area contributed by atoms with Crippen LogP contribution in [0.4, 0.5) is 0 Å². The van der Waals surface area contributed by atoms with Crippen LogP contribution in [-0.4, -0.2) is 39.1 Å². The lowest BCUT2D eigenvalue weighted by molar-refractivity contribution is 0.520. The summed E-state index contributed by atoms with van der Waals surface area (Å²) < 4.78 is 6.46. The van der Waals surface area contributed by atoms with Crippen molar-refractivity contribution in [3.8, 4) is 5.69 Å². The van der Waals surface area contributed by atoms with Gasteiger partial charge in [0, 0.05) is 0 Å². The molecule has 0 saturated carbocycles. The Balaban J connectivity index is 1.64. The standard InChI is InChI=1S/C19H17BrN8/c1-11-16(20)12(2)27(24-11)13(3)17-23-19-15-9-22-28(14-7-5-4-6-8-14)18(15)21-10-26(19)25-17/h4-10,13H,1-3H3. The van der Waals surface area contributed by atoms with Crippen molar-refractivity contribution in [2.75, 3.05) is 0 Å². The van der Waals surface area contributed by atoms with Gasteiger partial charge in [-0.25, -0.2) is 19.2 Å². The lowest BCUT2D eigenvalue weighted by Crippen LogP contribution is -2.12. The van der Waals surface area contributed by atoms with E-state index in [0.29, 0.717) is 5.82 Å². The number of hydrogen-bond donors (Lipinski definition) is 0. The molecule has 4 aromatic heterocycles. The third-order valence-electron chi connectivity index (χ3n) is 4.90. The van der Waals surface area contributed by atoms with Gasteiger partial charge in [0.2, 0.25) is 0 Å². The summed E-state index contributed by atoms with van der Waals surface area (Å²) in [5.74, 6) is 0.680. The molecule has 1 aromatic carbocycles. The van der Waals surface area contributed by atoms with Gasteiger partial charge in [-0.3, -0.25) is 4.68 Å². The molecular formula is C19H17BrN8. The second kappa shape index (κ2) is 6.23. The number of rotatable bonds is 3. The van der Waals surface area contributed by atoms with Gasteiger partial charge in [-0.15, -0.1) is 5.10 Å². The maximum absolute atomic E-state index is 4.79. The molecule has 0 N–H and O–H groups in total. The number of fused-ring (bicyclic) bond motifs is 3. The highest BCUT2D eigenvalue weighted by atomic mass is 79.9. The summed E-state index contributed by atoms with van der Waals surface area (Å²) in [7, 11) is 0. The van der Waals surface area contributed by atoms with Gasteiger partial charge in [0.15, 0.2) is 17.1 Å². The van der Waals surface area contributed by atoms with Crippen LogP contribution >= 0.6 is 15.9 Å². The van der Waals surface area contributed by atoms with Crippen LogP contribution in [0.2, 0.25) is 0 Å². The van der Waals surface area contributed by atoms with Crippen molar-refractivity contribution < 1.29 is 0 Å². The van der Waals surface area contributed by atoms with E-state index in [4.69, 9.17) is 4.98 Å². The molecule has 5 aromatic rings. The minimum Gasteiger partial charge on any atom is -0.258 e. The van der Waals surface area contributed by atoms with Crippen molar-refractivity contribution in [2.24, 2.45) is 0 Å². The van der Waals surface area contributed by atoms with E-state index < -0.39 is 0 Å². The summed E-state index contributed by atoms with van der Waals surface area (Å²) in [5.41, 5.74) is 4.43. The molecule has 140 valence electrons. The first-order valence-electron chi connectivity index (χ1n) is 8.90. The van der Waals surface area contributed by atoms with Crippen molar-refractivity contribution in [3.05, 3.63) is 64.5 Å². The Morgan fingerprint density at radius 3 is 2.54 bits per heavy atom. The van der Waals surface area contributed by atoms with Gasteiger partial charge in [0.1, 0.15) is 12.4 Å². The molecule has 0 radical (unpaired) electrons. The van der Waals surface area contributed by atoms with Crippen molar-refractivity contribution in [3.63, 3.8) is 0 Å². The number of aryl methyl sites for hydroxylation is 1. The van der Waals surface area contributed by atoms with Crippen molar-refractivity contribution >= 4 is 32.6 Å². The summed E-state index contributed by atoms with van der Waals surface area (Å²) in [6.45, 7) is 6.04. The minimum atomic E-state index is -0.107. The van der Waals surface area contributed by atoms with Crippen LogP contribution in [0.25, 0.3) is 22.4 Å². The van der Waals surface area contributed by atoms with E-state index in [0.717, 1.165) is 38.2 Å². The summed E-state index contributed by atoms with van der Waals surface area (Å²) in [6.07, 6.45) is 3.47. The predicted octanol–water partition coefficient (Wildman–Crippen LogP) is 3.65. The highest BCUT2D eigenvalue weighted by Crippen LogP contribution is 2.26. The lowest BCUT2D eigenvalue weighted by atomic mass is 10.3. The Hall–Kier alpha value is -3.07. The smallest absolute Gasteiger partial charge is 0.176 e.